The average molecular weight is 226 g/mol. The van der Waals surface area contributed by atoms with Crippen LogP contribution in [0.1, 0.15) is 27.2 Å². The van der Waals surface area contributed by atoms with Gasteiger partial charge in [0, 0.05) is 31.7 Å². The Bertz CT molecular complexity index is 217. The molecular formula is C12H26N4. The highest BCUT2D eigenvalue weighted by Crippen LogP contribution is 2.05. The number of likely N-dealkylation sites (N-methyl/N-ethyl adjacent to an activating group) is 1. The van der Waals surface area contributed by atoms with Gasteiger partial charge in [0.25, 0.3) is 0 Å². The zero-order chi connectivity index (χ0) is 12.0. The van der Waals surface area contributed by atoms with E-state index >= 15 is 0 Å². The molecular weight excluding hydrogens is 200 g/mol. The molecule has 4 nitrogen and oxygen atoms in total. The van der Waals surface area contributed by atoms with Gasteiger partial charge in [-0.05, 0) is 27.3 Å². The van der Waals surface area contributed by atoms with E-state index in [1.807, 2.05) is 6.34 Å². The van der Waals surface area contributed by atoms with Crippen molar-refractivity contribution >= 4 is 6.34 Å². The molecule has 0 amide bonds. The van der Waals surface area contributed by atoms with E-state index in [-0.39, 0.29) is 0 Å². The molecule has 0 aromatic heterocycles. The van der Waals surface area contributed by atoms with Crippen LogP contribution in [-0.4, -0.2) is 61.6 Å². The third-order valence-electron chi connectivity index (χ3n) is 3.39. The summed E-state index contributed by atoms with van der Waals surface area (Å²) in [5.74, 6) is 0. The Hall–Kier alpha value is -0.610. The van der Waals surface area contributed by atoms with Crippen LogP contribution in [0, 0.1) is 0 Å². The second kappa shape index (κ2) is 6.86. The number of piperazine rings is 1. The minimum Gasteiger partial charge on any atom is -0.374 e. The first-order valence-corrected chi connectivity index (χ1v) is 6.30. The lowest BCUT2D eigenvalue weighted by atomic mass is 10.2. The van der Waals surface area contributed by atoms with Gasteiger partial charge in [0.15, 0.2) is 0 Å². The molecule has 0 aliphatic carbocycles. The Morgan fingerprint density at radius 1 is 1.50 bits per heavy atom. The summed E-state index contributed by atoms with van der Waals surface area (Å²) >= 11 is 0. The van der Waals surface area contributed by atoms with Crippen molar-refractivity contribution in [3.8, 4) is 0 Å². The summed E-state index contributed by atoms with van der Waals surface area (Å²) in [4.78, 5) is 9.22. The third-order valence-corrected chi connectivity index (χ3v) is 3.39. The molecule has 0 spiro atoms. The molecule has 1 saturated heterocycles. The lowest BCUT2D eigenvalue weighted by molar-refractivity contribution is 0.108. The van der Waals surface area contributed by atoms with Gasteiger partial charge in [-0.3, -0.25) is 9.89 Å². The average Bonchev–Trinajstić information content (AvgIpc) is 2.28. The molecule has 1 N–H and O–H groups in total. The second-order valence-corrected chi connectivity index (χ2v) is 4.84. The standard InChI is InChI=1S/C12H26N4/c1-5-11(2)14-9-13-10-16-7-6-15(4)12(3)8-16/h9,11-12H,5-8,10H2,1-4H3,(H,13,14)/t11?,12-/m1/s1. The van der Waals surface area contributed by atoms with Crippen molar-refractivity contribution in [2.45, 2.75) is 39.3 Å². The molecule has 0 aromatic rings. The Labute approximate surface area is 99.7 Å². The first kappa shape index (κ1) is 13.5. The maximum absolute atomic E-state index is 4.41. The summed E-state index contributed by atoms with van der Waals surface area (Å²) in [6.07, 6.45) is 2.99. The maximum atomic E-state index is 4.41. The fourth-order valence-corrected chi connectivity index (χ4v) is 1.71. The van der Waals surface area contributed by atoms with Crippen molar-refractivity contribution in [3.63, 3.8) is 0 Å². The van der Waals surface area contributed by atoms with E-state index in [0.29, 0.717) is 12.1 Å². The number of rotatable bonds is 5. The first-order chi connectivity index (χ1) is 7.63. The molecule has 1 heterocycles. The van der Waals surface area contributed by atoms with Crippen molar-refractivity contribution in [3.05, 3.63) is 0 Å². The molecule has 1 unspecified atom stereocenters. The highest BCUT2D eigenvalue weighted by Gasteiger charge is 2.19. The van der Waals surface area contributed by atoms with Crippen LogP contribution < -0.4 is 5.32 Å². The minimum absolute atomic E-state index is 0.523. The van der Waals surface area contributed by atoms with Gasteiger partial charge in [0.2, 0.25) is 0 Å². The SMILES string of the molecule is CCC(C)N/C=N\CN1CCN(C)[C@H](C)C1. The summed E-state index contributed by atoms with van der Waals surface area (Å²) in [5, 5.41) is 3.26. The van der Waals surface area contributed by atoms with Gasteiger partial charge in [-0.1, -0.05) is 6.92 Å². The van der Waals surface area contributed by atoms with Gasteiger partial charge in [-0.15, -0.1) is 0 Å². The van der Waals surface area contributed by atoms with Crippen molar-refractivity contribution in [1.29, 1.82) is 0 Å². The molecule has 0 radical (unpaired) electrons. The topological polar surface area (TPSA) is 30.9 Å². The Balaban J connectivity index is 2.18. The summed E-state index contributed by atoms with van der Waals surface area (Å²) in [7, 11) is 2.19. The first-order valence-electron chi connectivity index (χ1n) is 6.30. The summed E-state index contributed by atoms with van der Waals surface area (Å²) in [6, 6.07) is 1.17. The molecule has 94 valence electrons. The predicted molar refractivity (Wildman–Crippen MR) is 69.9 cm³/mol. The second-order valence-electron chi connectivity index (χ2n) is 4.84. The van der Waals surface area contributed by atoms with Gasteiger partial charge in [-0.25, -0.2) is 0 Å². The minimum atomic E-state index is 0.523. The number of hydrogen-bond donors (Lipinski definition) is 1. The zero-order valence-corrected chi connectivity index (χ0v) is 11.1. The Morgan fingerprint density at radius 3 is 2.88 bits per heavy atom. The van der Waals surface area contributed by atoms with Crippen LogP contribution in [0.3, 0.4) is 0 Å². The summed E-state index contributed by atoms with van der Waals surface area (Å²) in [6.45, 7) is 10.8. The van der Waals surface area contributed by atoms with Crippen molar-refractivity contribution < 1.29 is 0 Å². The van der Waals surface area contributed by atoms with Gasteiger partial charge in [-0.2, -0.15) is 0 Å². The highest BCUT2D eigenvalue weighted by atomic mass is 15.3. The molecule has 1 rings (SSSR count). The van der Waals surface area contributed by atoms with E-state index in [9.17, 15) is 0 Å². The van der Waals surface area contributed by atoms with Crippen LogP contribution >= 0.6 is 0 Å². The normalized spacial score (nSPS) is 26.1. The van der Waals surface area contributed by atoms with Crippen LogP contribution in [0.25, 0.3) is 0 Å². The monoisotopic (exact) mass is 226 g/mol. The quantitative estimate of drug-likeness (QED) is 0.560. The van der Waals surface area contributed by atoms with Crippen molar-refractivity contribution in [2.24, 2.45) is 4.99 Å². The van der Waals surface area contributed by atoms with Crippen molar-refractivity contribution in [1.82, 2.24) is 15.1 Å². The Kier molecular flexibility index (Phi) is 5.77. The number of hydrogen-bond acceptors (Lipinski definition) is 3. The third kappa shape index (κ3) is 4.49. The largest absolute Gasteiger partial charge is 0.374 e. The maximum Gasteiger partial charge on any atom is 0.0927 e. The molecule has 4 heteroatoms. The predicted octanol–water partition coefficient (Wildman–Crippen LogP) is 0.996. The molecule has 16 heavy (non-hydrogen) atoms. The van der Waals surface area contributed by atoms with Gasteiger partial charge in [0.1, 0.15) is 0 Å². The molecule has 0 aromatic carbocycles. The lowest BCUT2D eigenvalue weighted by Gasteiger charge is -2.36. The van der Waals surface area contributed by atoms with E-state index in [1.165, 1.54) is 0 Å². The number of aliphatic imine (C=N–C) groups is 1. The summed E-state index contributed by atoms with van der Waals surface area (Å²) in [5.41, 5.74) is 0. The summed E-state index contributed by atoms with van der Waals surface area (Å²) < 4.78 is 0. The highest BCUT2D eigenvalue weighted by molar-refractivity contribution is 5.54. The van der Waals surface area contributed by atoms with Crippen LogP contribution in [0.15, 0.2) is 4.99 Å². The van der Waals surface area contributed by atoms with E-state index in [4.69, 9.17) is 0 Å². The molecule has 1 aliphatic heterocycles. The van der Waals surface area contributed by atoms with E-state index in [1.54, 1.807) is 0 Å². The number of nitrogens with zero attached hydrogens (tertiary/aromatic N) is 3. The fourth-order valence-electron chi connectivity index (χ4n) is 1.71. The Morgan fingerprint density at radius 2 is 2.25 bits per heavy atom. The smallest absolute Gasteiger partial charge is 0.0927 e. The van der Waals surface area contributed by atoms with Gasteiger partial charge >= 0.3 is 0 Å². The van der Waals surface area contributed by atoms with Gasteiger partial charge < -0.3 is 10.2 Å². The molecule has 2 atom stereocenters. The van der Waals surface area contributed by atoms with E-state index < -0.39 is 0 Å². The van der Waals surface area contributed by atoms with Gasteiger partial charge in [0.05, 0.1) is 13.0 Å². The molecule has 1 aliphatic rings. The van der Waals surface area contributed by atoms with Crippen LogP contribution in [0.5, 0.6) is 0 Å². The number of nitrogens with one attached hydrogen (secondary N) is 1. The molecule has 0 saturated carbocycles. The lowest BCUT2D eigenvalue weighted by Crippen LogP contribution is -2.49. The van der Waals surface area contributed by atoms with Crippen LogP contribution in [-0.2, 0) is 0 Å². The van der Waals surface area contributed by atoms with Crippen LogP contribution in [0.2, 0.25) is 0 Å². The van der Waals surface area contributed by atoms with Crippen LogP contribution in [0.4, 0.5) is 0 Å². The molecule has 0 bridgehead atoms. The molecule has 1 fully saturated rings. The van der Waals surface area contributed by atoms with E-state index in [2.05, 4.69) is 47.9 Å². The fraction of sp³-hybridized carbons (Fsp3) is 0.917. The van der Waals surface area contributed by atoms with E-state index in [0.717, 1.165) is 32.7 Å². The van der Waals surface area contributed by atoms with Crippen molar-refractivity contribution in [2.75, 3.05) is 33.4 Å². The zero-order valence-electron chi connectivity index (χ0n) is 11.1.